The highest BCUT2D eigenvalue weighted by molar-refractivity contribution is 6.14. The predicted octanol–water partition coefficient (Wildman–Crippen LogP) is 15.7. The quantitative estimate of drug-likeness (QED) is 0.177. The van der Waals surface area contributed by atoms with Crippen molar-refractivity contribution in [3.8, 4) is 28.3 Å². The second-order valence-corrected chi connectivity index (χ2v) is 18.3. The maximum atomic E-state index is 7.24. The molecule has 3 aliphatic rings. The summed E-state index contributed by atoms with van der Waals surface area (Å²) in [6.07, 6.45) is 6.32. The van der Waals surface area contributed by atoms with E-state index in [4.69, 9.17) is 9.15 Å². The van der Waals surface area contributed by atoms with Gasteiger partial charge in [0.15, 0.2) is 5.58 Å². The predicted molar refractivity (Wildman–Crippen MR) is 259 cm³/mol. The van der Waals surface area contributed by atoms with Crippen LogP contribution in [0.4, 0.5) is 17.1 Å². The maximum Gasteiger partial charge on any atom is 0.159 e. The van der Waals surface area contributed by atoms with Gasteiger partial charge in [-0.2, -0.15) is 0 Å². The Morgan fingerprint density at radius 3 is 2.00 bits per heavy atom. The molecule has 0 N–H and O–H groups in total. The number of aromatic nitrogens is 1. The number of furan rings is 1. The number of hydrogen-bond acceptors (Lipinski definition) is 3. The largest absolute Gasteiger partial charge is 0.457 e. The van der Waals surface area contributed by atoms with Gasteiger partial charge in [0.05, 0.1) is 22.1 Å². The van der Waals surface area contributed by atoms with Gasteiger partial charge in [0, 0.05) is 49.9 Å². The Morgan fingerprint density at radius 2 is 1.24 bits per heavy atom. The van der Waals surface area contributed by atoms with Crippen molar-refractivity contribution < 1.29 is 9.15 Å². The molecule has 302 valence electrons. The van der Waals surface area contributed by atoms with Gasteiger partial charge in [-0.05, 0) is 119 Å². The number of nitrogens with zero attached hydrogens (tertiary/aromatic N) is 2. The highest BCUT2D eigenvalue weighted by Gasteiger charge is 2.52. The molecule has 0 atom stereocenters. The van der Waals surface area contributed by atoms with Crippen LogP contribution < -0.4 is 9.64 Å². The molecule has 63 heavy (non-hydrogen) atoms. The van der Waals surface area contributed by atoms with Gasteiger partial charge in [0.1, 0.15) is 17.3 Å². The third kappa shape index (κ3) is 5.03. The number of allylic oxidation sites excluding steroid dienone is 1. The molecule has 2 aromatic heterocycles. The van der Waals surface area contributed by atoms with E-state index in [-0.39, 0.29) is 5.41 Å². The number of fused-ring (bicyclic) bond motifs is 16. The molecule has 0 radical (unpaired) electrons. The molecule has 13 rings (SSSR count). The fraction of sp³-hybridized carbons (Fsp3) is 0.119. The molecule has 1 aliphatic heterocycles. The summed E-state index contributed by atoms with van der Waals surface area (Å²) in [7, 11) is 0. The van der Waals surface area contributed by atoms with E-state index in [1.807, 2.05) is 0 Å². The Labute approximate surface area is 366 Å². The lowest BCUT2D eigenvalue weighted by atomic mass is 9.66. The van der Waals surface area contributed by atoms with Crippen molar-refractivity contribution in [2.75, 3.05) is 4.90 Å². The zero-order valence-electron chi connectivity index (χ0n) is 35.5. The molecule has 2 aliphatic carbocycles. The van der Waals surface area contributed by atoms with E-state index in [0.29, 0.717) is 0 Å². The second-order valence-electron chi connectivity index (χ2n) is 18.3. The number of aryl methyl sites for hydroxylation is 1. The number of hydrogen-bond donors (Lipinski definition) is 0. The zero-order valence-corrected chi connectivity index (χ0v) is 35.5. The summed E-state index contributed by atoms with van der Waals surface area (Å²) in [4.78, 5) is 2.45. The Hall–Kier alpha value is -7.56. The standard InChI is InChI=1S/C59H44N2O2/c1-58(2,3)37-29-31-39(32-30-37)60(40-33-34-50-44(35-40)41-19-8-13-25-49(41)61(50)38-17-5-4-6-18-38)51-36-48-55(56-43-21-9-14-26-52(43)63-57(51)56)42-20-7-10-22-45(42)59(48)46-23-11-15-27-53(46)62-54-28-16-12-24-47(54)59/h4-8,10-20,22-36H,9,21H2,1-3H3. The molecule has 0 saturated carbocycles. The number of ether oxygens (including phenoxy) is 1. The molecule has 4 heteroatoms. The Bertz CT molecular complexity index is 3480. The van der Waals surface area contributed by atoms with Gasteiger partial charge in [0.25, 0.3) is 0 Å². The van der Waals surface area contributed by atoms with E-state index < -0.39 is 5.41 Å². The highest BCUT2D eigenvalue weighted by Crippen LogP contribution is 2.65. The van der Waals surface area contributed by atoms with E-state index in [9.17, 15) is 0 Å². The fourth-order valence-corrected chi connectivity index (χ4v) is 11.1. The van der Waals surface area contributed by atoms with Crippen molar-refractivity contribution in [3.05, 3.63) is 221 Å². The summed E-state index contributed by atoms with van der Waals surface area (Å²) in [5, 5.41) is 3.60. The van der Waals surface area contributed by atoms with Gasteiger partial charge in [-0.3, -0.25) is 0 Å². The number of rotatable bonds is 4. The summed E-state index contributed by atoms with van der Waals surface area (Å²) in [6, 6.07) is 64.4. The van der Waals surface area contributed by atoms with Crippen molar-refractivity contribution in [2.45, 2.75) is 44.4 Å². The van der Waals surface area contributed by atoms with E-state index in [1.54, 1.807) is 0 Å². The highest BCUT2D eigenvalue weighted by atomic mass is 16.5. The van der Waals surface area contributed by atoms with Gasteiger partial charge in [-0.25, -0.2) is 0 Å². The Balaban J connectivity index is 1.17. The average molecular weight is 813 g/mol. The van der Waals surface area contributed by atoms with Crippen molar-refractivity contribution in [3.63, 3.8) is 0 Å². The van der Waals surface area contributed by atoms with Crippen molar-refractivity contribution >= 4 is 55.9 Å². The Kier molecular flexibility index (Phi) is 7.58. The maximum absolute atomic E-state index is 7.24. The van der Waals surface area contributed by atoms with Crippen LogP contribution >= 0.6 is 0 Å². The number of para-hydroxylation sites is 4. The van der Waals surface area contributed by atoms with Crippen LogP contribution in [-0.2, 0) is 17.3 Å². The monoisotopic (exact) mass is 812 g/mol. The molecular formula is C59H44N2O2. The summed E-state index contributed by atoms with van der Waals surface area (Å²) < 4.78 is 16.4. The molecule has 0 amide bonds. The molecule has 0 unspecified atom stereocenters. The zero-order chi connectivity index (χ0) is 42.0. The summed E-state index contributed by atoms with van der Waals surface area (Å²) in [5.74, 6) is 2.71. The molecule has 0 saturated heterocycles. The lowest BCUT2D eigenvalue weighted by Crippen LogP contribution is -2.32. The summed E-state index contributed by atoms with van der Waals surface area (Å²) >= 11 is 0. The van der Waals surface area contributed by atoms with Crippen molar-refractivity contribution in [2.24, 2.45) is 0 Å². The molecule has 10 aromatic rings. The molecule has 8 aromatic carbocycles. The lowest BCUT2D eigenvalue weighted by molar-refractivity contribution is 0.436. The van der Waals surface area contributed by atoms with Crippen LogP contribution in [0.3, 0.4) is 0 Å². The molecule has 1 spiro atoms. The first-order valence-corrected chi connectivity index (χ1v) is 22.1. The summed E-state index contributed by atoms with van der Waals surface area (Å²) in [6.45, 7) is 6.84. The van der Waals surface area contributed by atoms with Gasteiger partial charge < -0.3 is 18.6 Å². The third-order valence-electron chi connectivity index (χ3n) is 13.9. The minimum Gasteiger partial charge on any atom is -0.457 e. The van der Waals surface area contributed by atoms with Crippen LogP contribution in [0.2, 0.25) is 0 Å². The molecular weight excluding hydrogens is 769 g/mol. The Morgan fingerprint density at radius 1 is 0.587 bits per heavy atom. The van der Waals surface area contributed by atoms with E-state index in [2.05, 4.69) is 218 Å². The normalized spacial score (nSPS) is 14.3. The first kappa shape index (κ1) is 36.1. The van der Waals surface area contributed by atoms with Crippen molar-refractivity contribution in [1.82, 2.24) is 4.57 Å². The molecule has 0 bridgehead atoms. The van der Waals surface area contributed by atoms with Crippen LogP contribution in [-0.4, -0.2) is 4.57 Å². The average Bonchev–Trinajstić information content (AvgIpc) is 3.96. The third-order valence-corrected chi connectivity index (χ3v) is 13.9. The molecule has 4 nitrogen and oxygen atoms in total. The molecule has 3 heterocycles. The van der Waals surface area contributed by atoms with Crippen molar-refractivity contribution in [1.29, 1.82) is 0 Å². The first-order valence-electron chi connectivity index (χ1n) is 22.1. The van der Waals surface area contributed by atoms with Crippen LogP contribution in [0.1, 0.15) is 66.3 Å². The lowest BCUT2D eigenvalue weighted by Gasteiger charge is -2.39. The smallest absolute Gasteiger partial charge is 0.159 e. The molecule has 0 fully saturated rings. The van der Waals surface area contributed by atoms with Crippen LogP contribution in [0.25, 0.3) is 55.7 Å². The minimum atomic E-state index is -0.649. The fourth-order valence-electron chi connectivity index (χ4n) is 11.1. The number of benzene rings is 8. The van der Waals surface area contributed by atoms with E-state index in [1.165, 1.54) is 55.1 Å². The van der Waals surface area contributed by atoms with E-state index in [0.717, 1.165) is 75.1 Å². The number of anilines is 3. The van der Waals surface area contributed by atoms with E-state index >= 15 is 0 Å². The second kappa shape index (κ2) is 13.2. The van der Waals surface area contributed by atoms with Crippen LogP contribution in [0, 0.1) is 0 Å². The van der Waals surface area contributed by atoms with Crippen LogP contribution in [0.5, 0.6) is 11.5 Å². The van der Waals surface area contributed by atoms with Gasteiger partial charge in [-0.15, -0.1) is 0 Å². The van der Waals surface area contributed by atoms with Crippen LogP contribution in [0.15, 0.2) is 186 Å². The van der Waals surface area contributed by atoms with Gasteiger partial charge in [-0.1, -0.05) is 136 Å². The van der Waals surface area contributed by atoms with Gasteiger partial charge in [0.2, 0.25) is 0 Å². The van der Waals surface area contributed by atoms with Gasteiger partial charge >= 0.3 is 0 Å². The minimum absolute atomic E-state index is 0.00321. The first-order chi connectivity index (χ1) is 30.9. The SMILES string of the molecule is CC(C)(C)c1ccc(N(c2ccc3c(c2)c2ccccc2n3-c2ccccc2)c2cc3c(c4c5c(oc24)C=CCC5)-c2ccccc2C32c3ccccc3Oc3ccccc32)cc1. The topological polar surface area (TPSA) is 30.5 Å². The summed E-state index contributed by atoms with van der Waals surface area (Å²) in [5.41, 5.74) is 16.7.